The Morgan fingerprint density at radius 2 is 1.73 bits per heavy atom. The first kappa shape index (κ1) is 12.4. The number of hydrogen-bond acceptors (Lipinski definition) is 2. The summed E-state index contributed by atoms with van der Waals surface area (Å²) in [5, 5.41) is 1.75. The van der Waals surface area contributed by atoms with E-state index in [0.717, 1.165) is 14.9 Å². The van der Waals surface area contributed by atoms with Crippen molar-refractivity contribution in [2.45, 2.75) is 9.92 Å². The Labute approximate surface area is 104 Å². The van der Waals surface area contributed by atoms with E-state index < -0.39 is 0 Å². The van der Waals surface area contributed by atoms with E-state index in [1.165, 1.54) is 0 Å². The van der Waals surface area contributed by atoms with Gasteiger partial charge in [-0.05, 0) is 36.4 Å². The Hall–Kier alpha value is -0.700. The topological polar surface area (TPSA) is 12.9 Å². The van der Waals surface area contributed by atoms with Crippen LogP contribution in [0.3, 0.4) is 0 Å². The molecule has 0 unspecified atom stereocenters. The molecule has 1 nitrogen and oxygen atoms in total. The minimum atomic E-state index is 0. The molecular weight excluding hydrogens is 249 g/mol. The van der Waals surface area contributed by atoms with Gasteiger partial charge in [0.2, 0.25) is 0 Å². The summed E-state index contributed by atoms with van der Waals surface area (Å²) >= 11 is 7.42. The molecule has 0 N–H and O–H groups in total. The van der Waals surface area contributed by atoms with Gasteiger partial charge in [-0.1, -0.05) is 29.4 Å². The summed E-state index contributed by atoms with van der Waals surface area (Å²) in [7, 11) is 0. The first-order chi connectivity index (χ1) is 6.84. The van der Waals surface area contributed by atoms with Crippen LogP contribution in [0, 0.1) is 0 Å². The number of aromatic nitrogens is 1. The standard InChI is InChI=1S/C11H8ClNS.ClH/c12-9-4-6-10(7-5-9)14-11-3-1-2-8-13-11;/h1-8H;1H. The average molecular weight is 258 g/mol. The van der Waals surface area contributed by atoms with Crippen molar-refractivity contribution in [2.24, 2.45) is 0 Å². The second-order valence-corrected chi connectivity index (χ2v) is 4.25. The molecule has 0 spiro atoms. The van der Waals surface area contributed by atoms with E-state index in [-0.39, 0.29) is 12.4 Å². The quantitative estimate of drug-likeness (QED) is 0.796. The van der Waals surface area contributed by atoms with Crippen molar-refractivity contribution in [2.75, 3.05) is 0 Å². The lowest BCUT2D eigenvalue weighted by atomic mass is 10.4. The minimum absolute atomic E-state index is 0. The van der Waals surface area contributed by atoms with Gasteiger partial charge < -0.3 is 0 Å². The fourth-order valence-corrected chi connectivity index (χ4v) is 1.93. The van der Waals surface area contributed by atoms with Crippen LogP contribution in [0.5, 0.6) is 0 Å². The van der Waals surface area contributed by atoms with Crippen molar-refractivity contribution in [1.82, 2.24) is 4.98 Å². The second kappa shape index (κ2) is 6.01. The van der Waals surface area contributed by atoms with Gasteiger partial charge in [-0.3, -0.25) is 0 Å². The molecule has 0 saturated carbocycles. The zero-order valence-corrected chi connectivity index (χ0v) is 10.1. The highest BCUT2D eigenvalue weighted by molar-refractivity contribution is 7.99. The molecule has 0 aliphatic rings. The van der Waals surface area contributed by atoms with Crippen LogP contribution in [0.15, 0.2) is 58.6 Å². The molecule has 1 aromatic heterocycles. The molecule has 0 bridgehead atoms. The van der Waals surface area contributed by atoms with Gasteiger partial charge >= 0.3 is 0 Å². The minimum Gasteiger partial charge on any atom is -0.250 e. The van der Waals surface area contributed by atoms with Crippen molar-refractivity contribution in [3.8, 4) is 0 Å². The summed E-state index contributed by atoms with van der Waals surface area (Å²) in [5.41, 5.74) is 0. The van der Waals surface area contributed by atoms with E-state index in [4.69, 9.17) is 11.6 Å². The Morgan fingerprint density at radius 3 is 2.33 bits per heavy atom. The van der Waals surface area contributed by atoms with Crippen molar-refractivity contribution >= 4 is 35.8 Å². The van der Waals surface area contributed by atoms with E-state index in [2.05, 4.69) is 4.98 Å². The highest BCUT2D eigenvalue weighted by atomic mass is 35.5. The highest BCUT2D eigenvalue weighted by Crippen LogP contribution is 2.26. The Kier molecular flexibility index (Phi) is 4.95. The SMILES string of the molecule is Cl.Clc1ccc(Sc2ccccn2)cc1. The average Bonchev–Trinajstić information content (AvgIpc) is 2.23. The van der Waals surface area contributed by atoms with Gasteiger partial charge in [0.25, 0.3) is 0 Å². The molecule has 0 amide bonds. The smallest absolute Gasteiger partial charge is 0.101 e. The fourth-order valence-electron chi connectivity index (χ4n) is 1.03. The molecule has 0 aliphatic heterocycles. The van der Waals surface area contributed by atoms with Gasteiger partial charge in [-0.25, -0.2) is 4.98 Å². The lowest BCUT2D eigenvalue weighted by molar-refractivity contribution is 1.13. The summed E-state index contributed by atoms with van der Waals surface area (Å²) in [5.74, 6) is 0. The van der Waals surface area contributed by atoms with Crippen molar-refractivity contribution in [3.05, 3.63) is 53.7 Å². The first-order valence-electron chi connectivity index (χ1n) is 4.19. The molecule has 2 aromatic rings. The third-order valence-corrected chi connectivity index (χ3v) is 2.88. The monoisotopic (exact) mass is 257 g/mol. The molecule has 0 atom stereocenters. The lowest BCUT2D eigenvalue weighted by Gasteiger charge is -1.99. The van der Waals surface area contributed by atoms with Gasteiger partial charge in [0, 0.05) is 16.1 Å². The summed E-state index contributed by atoms with van der Waals surface area (Å²) < 4.78 is 0. The Balaban J connectivity index is 0.00000112. The van der Waals surface area contributed by atoms with Crippen molar-refractivity contribution in [3.63, 3.8) is 0 Å². The summed E-state index contributed by atoms with van der Waals surface area (Å²) in [4.78, 5) is 5.37. The Morgan fingerprint density at radius 1 is 1.00 bits per heavy atom. The molecule has 0 aliphatic carbocycles. The molecule has 78 valence electrons. The number of nitrogens with zero attached hydrogens (tertiary/aromatic N) is 1. The zero-order chi connectivity index (χ0) is 9.80. The van der Waals surface area contributed by atoms with Crippen LogP contribution in [-0.2, 0) is 0 Å². The van der Waals surface area contributed by atoms with E-state index in [1.54, 1.807) is 18.0 Å². The number of halogens is 2. The maximum atomic E-state index is 5.79. The number of hydrogen-bond donors (Lipinski definition) is 0. The summed E-state index contributed by atoms with van der Waals surface area (Å²) in [6.07, 6.45) is 1.79. The zero-order valence-electron chi connectivity index (χ0n) is 7.76. The Bertz CT molecular complexity index is 403. The molecule has 1 heterocycles. The lowest BCUT2D eigenvalue weighted by Crippen LogP contribution is -1.76. The molecule has 0 radical (unpaired) electrons. The number of benzene rings is 1. The molecule has 0 saturated heterocycles. The van der Waals surface area contributed by atoms with Crippen LogP contribution in [0.1, 0.15) is 0 Å². The van der Waals surface area contributed by atoms with Gasteiger partial charge in [-0.2, -0.15) is 0 Å². The third kappa shape index (κ3) is 3.74. The highest BCUT2D eigenvalue weighted by Gasteiger charge is 1.96. The second-order valence-electron chi connectivity index (χ2n) is 2.72. The number of rotatable bonds is 2. The van der Waals surface area contributed by atoms with Gasteiger partial charge in [-0.15, -0.1) is 12.4 Å². The van der Waals surface area contributed by atoms with Crippen LogP contribution in [0.2, 0.25) is 5.02 Å². The van der Waals surface area contributed by atoms with Crippen molar-refractivity contribution < 1.29 is 0 Å². The van der Waals surface area contributed by atoms with Crippen LogP contribution in [0.25, 0.3) is 0 Å². The van der Waals surface area contributed by atoms with Gasteiger partial charge in [0.05, 0.1) is 0 Å². The fraction of sp³-hybridized carbons (Fsp3) is 0. The predicted molar refractivity (Wildman–Crippen MR) is 67.1 cm³/mol. The van der Waals surface area contributed by atoms with E-state index in [9.17, 15) is 0 Å². The maximum absolute atomic E-state index is 5.79. The van der Waals surface area contributed by atoms with Crippen LogP contribution < -0.4 is 0 Å². The largest absolute Gasteiger partial charge is 0.250 e. The number of pyridine rings is 1. The maximum Gasteiger partial charge on any atom is 0.101 e. The molecule has 2 rings (SSSR count). The molecule has 1 aromatic carbocycles. The molecule has 0 fully saturated rings. The molecule has 4 heteroatoms. The van der Waals surface area contributed by atoms with E-state index in [1.807, 2.05) is 42.5 Å². The van der Waals surface area contributed by atoms with Crippen LogP contribution >= 0.6 is 35.8 Å². The van der Waals surface area contributed by atoms with E-state index in [0.29, 0.717) is 0 Å². The first-order valence-corrected chi connectivity index (χ1v) is 5.38. The molecular formula is C11H9Cl2NS. The predicted octanol–water partition coefficient (Wildman–Crippen LogP) is 4.31. The summed E-state index contributed by atoms with van der Waals surface area (Å²) in [6.45, 7) is 0. The van der Waals surface area contributed by atoms with Gasteiger partial charge in [0.15, 0.2) is 0 Å². The van der Waals surface area contributed by atoms with E-state index >= 15 is 0 Å². The van der Waals surface area contributed by atoms with Gasteiger partial charge in [0.1, 0.15) is 5.03 Å². The van der Waals surface area contributed by atoms with Crippen molar-refractivity contribution in [1.29, 1.82) is 0 Å². The normalized spacial score (nSPS) is 9.40. The molecule has 15 heavy (non-hydrogen) atoms. The van der Waals surface area contributed by atoms with Crippen LogP contribution in [0.4, 0.5) is 0 Å². The van der Waals surface area contributed by atoms with Crippen LogP contribution in [-0.4, -0.2) is 4.98 Å². The summed E-state index contributed by atoms with van der Waals surface area (Å²) in [6, 6.07) is 13.6. The third-order valence-electron chi connectivity index (χ3n) is 1.67.